The van der Waals surface area contributed by atoms with Crippen molar-refractivity contribution in [1.82, 2.24) is 15.2 Å². The Morgan fingerprint density at radius 1 is 1.20 bits per heavy atom. The maximum Gasteiger partial charge on any atom is 0.303 e. The van der Waals surface area contributed by atoms with E-state index in [2.05, 4.69) is 16.4 Å². The van der Waals surface area contributed by atoms with E-state index < -0.39 is 17.3 Å². The van der Waals surface area contributed by atoms with Crippen molar-refractivity contribution in [3.05, 3.63) is 52.3 Å². The van der Waals surface area contributed by atoms with E-state index in [1.54, 1.807) is 49.9 Å². The highest BCUT2D eigenvalue weighted by molar-refractivity contribution is 8.93. The molecule has 0 atom stereocenters. The van der Waals surface area contributed by atoms with Gasteiger partial charge in [-0.1, -0.05) is 0 Å². The predicted molar refractivity (Wildman–Crippen MR) is 153 cm³/mol. The molecule has 0 saturated heterocycles. The number of fused-ring (bicyclic) bond motifs is 1. The van der Waals surface area contributed by atoms with Gasteiger partial charge >= 0.3 is 5.97 Å². The van der Waals surface area contributed by atoms with Crippen molar-refractivity contribution in [3.8, 4) is 17.6 Å². The number of nitriles is 1. The van der Waals surface area contributed by atoms with Crippen LogP contribution in [0.15, 0.2) is 24.3 Å². The van der Waals surface area contributed by atoms with Crippen molar-refractivity contribution in [2.45, 2.75) is 52.0 Å². The van der Waals surface area contributed by atoms with Crippen LogP contribution in [-0.4, -0.2) is 65.3 Å². The Morgan fingerprint density at radius 2 is 1.93 bits per heavy atom. The van der Waals surface area contributed by atoms with Crippen LogP contribution in [0.4, 0.5) is 0 Å². The number of carbonyl (C=O) groups is 3. The molecule has 1 aliphatic heterocycles. The average molecular weight is 617 g/mol. The van der Waals surface area contributed by atoms with E-state index in [9.17, 15) is 19.6 Å². The van der Waals surface area contributed by atoms with Gasteiger partial charge in [-0.25, -0.2) is 4.98 Å². The third-order valence-corrected chi connectivity index (χ3v) is 6.34. The SMILES string of the molecule is Br.CCOc1cc2c(nc1C(=O)NC)C(=N)N(CC(=O)c1ccc(OCCCCC(=O)O)c(C(C)(C)C#N)c1)C2. The van der Waals surface area contributed by atoms with E-state index in [-0.39, 0.29) is 60.4 Å². The van der Waals surface area contributed by atoms with Crippen LogP contribution in [0, 0.1) is 16.7 Å². The molecule has 2 aromatic rings. The summed E-state index contributed by atoms with van der Waals surface area (Å²) in [7, 11) is 1.49. The number of carbonyl (C=O) groups excluding carboxylic acids is 2. The van der Waals surface area contributed by atoms with Crippen LogP contribution in [0.3, 0.4) is 0 Å². The summed E-state index contributed by atoms with van der Waals surface area (Å²) in [6, 6.07) is 8.83. The van der Waals surface area contributed by atoms with Gasteiger partial charge in [0.15, 0.2) is 17.2 Å². The van der Waals surface area contributed by atoms with Crippen molar-refractivity contribution < 1.29 is 29.0 Å². The number of nitrogens with zero attached hydrogens (tertiary/aromatic N) is 3. The zero-order chi connectivity index (χ0) is 28.7. The van der Waals surface area contributed by atoms with Crippen molar-refractivity contribution in [3.63, 3.8) is 0 Å². The van der Waals surface area contributed by atoms with Gasteiger partial charge in [-0.3, -0.25) is 19.8 Å². The molecular formula is C28H34BrN5O6. The molecule has 3 rings (SSSR count). The Hall–Kier alpha value is -3.98. The number of nitrogens with one attached hydrogen (secondary N) is 2. The van der Waals surface area contributed by atoms with Crippen molar-refractivity contribution in [2.75, 3.05) is 26.8 Å². The quantitative estimate of drug-likeness (QED) is 0.224. The second kappa shape index (κ2) is 13.9. The third kappa shape index (κ3) is 7.35. The van der Waals surface area contributed by atoms with Crippen molar-refractivity contribution in [2.24, 2.45) is 0 Å². The number of carboxylic acid groups (broad SMARTS) is 1. The Balaban J connectivity index is 0.00000560. The van der Waals surface area contributed by atoms with Gasteiger partial charge in [0.1, 0.15) is 17.3 Å². The van der Waals surface area contributed by atoms with E-state index in [0.717, 1.165) is 0 Å². The molecule has 0 saturated carbocycles. The molecule has 0 radical (unpaired) electrons. The van der Waals surface area contributed by atoms with Gasteiger partial charge in [0.25, 0.3) is 5.91 Å². The second-order valence-corrected chi connectivity index (χ2v) is 9.63. The normalized spacial score (nSPS) is 12.2. The Labute approximate surface area is 243 Å². The standard InChI is InChI=1S/C28H33N5O6.BrH/c1-5-38-22-13-18-14-33(26(30)24(18)32-25(22)27(37)31-4)15-20(34)17-9-10-21(19(12-17)28(2,3)16-29)39-11-7-6-8-23(35)36;/h9-10,12-13,30H,5-8,11,14-15H2,1-4H3,(H,31,37)(H,35,36);1H. The summed E-state index contributed by atoms with van der Waals surface area (Å²) < 4.78 is 11.4. The number of unbranched alkanes of at least 4 members (excludes halogenated alkanes) is 1. The lowest BCUT2D eigenvalue weighted by molar-refractivity contribution is -0.137. The van der Waals surface area contributed by atoms with Crippen LogP contribution in [-0.2, 0) is 16.8 Å². The Bertz CT molecular complexity index is 1340. The molecule has 0 unspecified atom stereocenters. The highest BCUT2D eigenvalue weighted by atomic mass is 79.9. The summed E-state index contributed by atoms with van der Waals surface area (Å²) in [6.07, 6.45) is 1.06. The van der Waals surface area contributed by atoms with Gasteiger partial charge in [-0.05, 0) is 57.9 Å². The van der Waals surface area contributed by atoms with E-state index in [0.29, 0.717) is 53.3 Å². The van der Waals surface area contributed by atoms with Gasteiger partial charge in [-0.2, -0.15) is 5.26 Å². The first kappa shape index (κ1) is 32.2. The summed E-state index contributed by atoms with van der Waals surface area (Å²) in [5.74, 6) is -0.739. The number of benzene rings is 1. The molecule has 11 nitrogen and oxygen atoms in total. The third-order valence-electron chi connectivity index (χ3n) is 6.34. The molecule has 0 bridgehead atoms. The van der Waals surface area contributed by atoms with Crippen LogP contribution in [0.2, 0.25) is 0 Å². The topological polar surface area (TPSA) is 166 Å². The maximum atomic E-state index is 13.3. The number of aliphatic carboxylic acids is 1. The lowest BCUT2D eigenvalue weighted by Crippen LogP contribution is -2.31. The zero-order valence-corrected chi connectivity index (χ0v) is 24.7. The molecule has 1 aliphatic rings. The molecule has 0 aliphatic carbocycles. The summed E-state index contributed by atoms with van der Waals surface area (Å²) in [5.41, 5.74) is 1.05. The molecule has 3 N–H and O–H groups in total. The number of ether oxygens (including phenoxy) is 2. The first-order valence-corrected chi connectivity index (χ1v) is 12.7. The van der Waals surface area contributed by atoms with Gasteiger partial charge < -0.3 is 24.8 Å². The smallest absolute Gasteiger partial charge is 0.303 e. The van der Waals surface area contributed by atoms with Gasteiger partial charge in [0.2, 0.25) is 0 Å². The number of halogens is 1. The largest absolute Gasteiger partial charge is 0.493 e. The molecular weight excluding hydrogens is 582 g/mol. The first-order chi connectivity index (χ1) is 18.5. The van der Waals surface area contributed by atoms with Gasteiger partial charge in [0.05, 0.1) is 31.2 Å². The number of amides is 1. The van der Waals surface area contributed by atoms with Gasteiger partial charge in [0, 0.05) is 36.7 Å². The monoisotopic (exact) mass is 615 g/mol. The van der Waals surface area contributed by atoms with Crippen LogP contribution in [0.25, 0.3) is 0 Å². The number of amidine groups is 1. The highest BCUT2D eigenvalue weighted by Gasteiger charge is 2.31. The number of rotatable bonds is 13. The molecule has 214 valence electrons. The second-order valence-electron chi connectivity index (χ2n) is 9.63. The summed E-state index contributed by atoms with van der Waals surface area (Å²) >= 11 is 0. The van der Waals surface area contributed by atoms with Crippen LogP contribution < -0.4 is 14.8 Å². The minimum absolute atomic E-state index is 0. The molecule has 0 spiro atoms. The molecule has 1 amide bonds. The molecule has 2 heterocycles. The van der Waals surface area contributed by atoms with E-state index >= 15 is 0 Å². The summed E-state index contributed by atoms with van der Waals surface area (Å²) in [6.45, 7) is 6.04. The molecule has 1 aromatic carbocycles. The van der Waals surface area contributed by atoms with Gasteiger partial charge in [-0.15, -0.1) is 17.0 Å². The molecule has 1 aromatic heterocycles. The highest BCUT2D eigenvalue weighted by Crippen LogP contribution is 2.33. The molecule has 0 fully saturated rings. The number of carboxylic acids is 1. The predicted octanol–water partition coefficient (Wildman–Crippen LogP) is 3.88. The van der Waals surface area contributed by atoms with Crippen LogP contribution >= 0.6 is 17.0 Å². The van der Waals surface area contributed by atoms with Crippen molar-refractivity contribution in [1.29, 1.82) is 10.7 Å². The zero-order valence-electron chi connectivity index (χ0n) is 23.0. The lowest BCUT2D eigenvalue weighted by atomic mass is 9.84. The average Bonchev–Trinajstić information content (AvgIpc) is 3.21. The number of Topliss-reactive ketones (excluding diaryl/α,β-unsaturated/α-hetero) is 1. The minimum atomic E-state index is -0.945. The maximum absolute atomic E-state index is 13.3. The van der Waals surface area contributed by atoms with Crippen molar-refractivity contribution >= 4 is 40.5 Å². The van der Waals surface area contributed by atoms with E-state index in [4.69, 9.17) is 20.0 Å². The number of hydrogen-bond acceptors (Lipinski definition) is 8. The first-order valence-electron chi connectivity index (χ1n) is 12.7. The number of ketones is 1. The van der Waals surface area contributed by atoms with E-state index in [1.807, 2.05) is 0 Å². The Kier molecular flexibility index (Phi) is 11.2. The fourth-order valence-electron chi connectivity index (χ4n) is 4.18. The fraction of sp³-hybridized carbons (Fsp3) is 0.429. The molecule has 40 heavy (non-hydrogen) atoms. The lowest BCUT2D eigenvalue weighted by Gasteiger charge is -2.22. The Morgan fingerprint density at radius 3 is 2.55 bits per heavy atom. The van der Waals surface area contributed by atoms with E-state index in [1.165, 1.54) is 7.05 Å². The number of hydrogen-bond donors (Lipinski definition) is 3. The number of aromatic nitrogens is 1. The van der Waals surface area contributed by atoms with Crippen LogP contribution in [0.1, 0.15) is 77.7 Å². The summed E-state index contributed by atoms with van der Waals surface area (Å²) in [5, 5.41) is 29.6. The van der Waals surface area contributed by atoms with Crippen LogP contribution in [0.5, 0.6) is 11.5 Å². The minimum Gasteiger partial charge on any atom is -0.493 e. The summed E-state index contributed by atoms with van der Waals surface area (Å²) in [4.78, 5) is 42.3. The molecule has 12 heteroatoms. The fourth-order valence-corrected chi connectivity index (χ4v) is 4.18. The number of pyridine rings is 1.